The van der Waals surface area contributed by atoms with E-state index in [0.29, 0.717) is 55.2 Å². The van der Waals surface area contributed by atoms with Crippen molar-refractivity contribution in [3.63, 3.8) is 0 Å². The highest BCUT2D eigenvalue weighted by atomic mass is 16.6. The number of ether oxygens (including phenoxy) is 2. The van der Waals surface area contributed by atoms with Crippen molar-refractivity contribution in [1.82, 2.24) is 20.2 Å². The molecule has 2 amide bonds. The molecule has 0 aliphatic carbocycles. The van der Waals surface area contributed by atoms with Crippen LogP contribution in [0.1, 0.15) is 64.5 Å². The second-order valence-corrected chi connectivity index (χ2v) is 10.6. The minimum Gasteiger partial charge on any atom is -0.444 e. The zero-order valence-corrected chi connectivity index (χ0v) is 24.4. The Kier molecular flexibility index (Phi) is 11.3. The second kappa shape index (κ2) is 14.9. The van der Waals surface area contributed by atoms with Crippen LogP contribution in [0.4, 0.5) is 22.2 Å². The third-order valence-corrected chi connectivity index (χ3v) is 6.13. The Balaban J connectivity index is 1.54. The van der Waals surface area contributed by atoms with Gasteiger partial charge in [0.05, 0.1) is 36.0 Å². The van der Waals surface area contributed by atoms with Crippen molar-refractivity contribution in [3.8, 4) is 17.9 Å². The molecule has 41 heavy (non-hydrogen) atoms. The van der Waals surface area contributed by atoms with Gasteiger partial charge in [0.15, 0.2) is 0 Å². The summed E-state index contributed by atoms with van der Waals surface area (Å²) in [4.78, 5) is 35.9. The highest BCUT2D eigenvalue weighted by molar-refractivity contribution is 5.86. The fraction of sp³-hybridized carbons (Fsp3) is 0.500. The molecule has 0 radical (unpaired) electrons. The van der Waals surface area contributed by atoms with E-state index in [1.165, 1.54) is 4.90 Å². The molecule has 0 bridgehead atoms. The van der Waals surface area contributed by atoms with Crippen LogP contribution in [0.25, 0.3) is 0 Å². The molecule has 3 rings (SSSR count). The number of anilines is 3. The molecule has 1 saturated heterocycles. The van der Waals surface area contributed by atoms with E-state index >= 15 is 0 Å². The molecule has 0 spiro atoms. The summed E-state index contributed by atoms with van der Waals surface area (Å²) in [5.41, 5.74) is 1.38. The van der Waals surface area contributed by atoms with Crippen LogP contribution in [0.3, 0.4) is 0 Å². The maximum atomic E-state index is 12.9. The molecule has 2 atom stereocenters. The van der Waals surface area contributed by atoms with E-state index in [-0.39, 0.29) is 12.0 Å². The lowest BCUT2D eigenvalue weighted by Crippen LogP contribution is -2.47. The molecule has 0 saturated carbocycles. The number of likely N-dealkylation sites (tertiary alicyclic amines) is 1. The van der Waals surface area contributed by atoms with Crippen molar-refractivity contribution in [2.24, 2.45) is 0 Å². The molecule has 0 unspecified atom stereocenters. The van der Waals surface area contributed by atoms with Crippen LogP contribution < -0.4 is 16.0 Å². The monoisotopic (exact) mass is 561 g/mol. The normalized spacial score (nSPS) is 16.2. The van der Waals surface area contributed by atoms with Crippen LogP contribution in [0.5, 0.6) is 0 Å². The van der Waals surface area contributed by atoms with Gasteiger partial charge < -0.3 is 25.4 Å². The van der Waals surface area contributed by atoms with Gasteiger partial charge in [0.1, 0.15) is 17.5 Å². The molecule has 1 fully saturated rings. The first kappa shape index (κ1) is 31.2. The summed E-state index contributed by atoms with van der Waals surface area (Å²) in [6, 6.07) is 8.50. The largest absolute Gasteiger partial charge is 0.444 e. The molecule has 3 N–H and O–H groups in total. The van der Waals surface area contributed by atoms with E-state index in [4.69, 9.17) is 14.7 Å². The summed E-state index contributed by atoms with van der Waals surface area (Å²) in [6.45, 7) is 8.92. The number of nitrogens with zero attached hydrogens (tertiary/aromatic N) is 4. The molecule has 218 valence electrons. The molecule has 1 aromatic carbocycles. The molecule has 11 nitrogen and oxygen atoms in total. The van der Waals surface area contributed by atoms with E-state index in [1.54, 1.807) is 58.3 Å². The van der Waals surface area contributed by atoms with Gasteiger partial charge in [0.25, 0.3) is 0 Å². The molecule has 2 heterocycles. The van der Waals surface area contributed by atoms with Gasteiger partial charge in [-0.1, -0.05) is 18.8 Å². The molecule has 1 aliphatic rings. The summed E-state index contributed by atoms with van der Waals surface area (Å²) < 4.78 is 10.9. The average molecular weight is 562 g/mol. The van der Waals surface area contributed by atoms with Crippen molar-refractivity contribution in [1.29, 1.82) is 5.26 Å². The van der Waals surface area contributed by atoms with Gasteiger partial charge in [-0.2, -0.15) is 10.2 Å². The standard InChI is InChI=1S/C30H39N7O4/c1-6-15-32-26-22(19-34-28(36-26)35-23-13-11-21(18-31)12-14-23)10-8-7-9-16-33-27(38)25-17-24(40-5)20-37(25)29(39)41-30(2,3)4/h11-14,19,24-25H,6-7,9,15-17,20H2,1-5H3,(H,33,38)(H2,32,34,35,36)/t24-,25+/m1/s1. The zero-order valence-electron chi connectivity index (χ0n) is 24.4. The Morgan fingerprint density at radius 2 is 1.95 bits per heavy atom. The molecule has 2 aromatic rings. The van der Waals surface area contributed by atoms with Crippen molar-refractivity contribution in [2.75, 3.05) is 37.4 Å². The van der Waals surface area contributed by atoms with Crippen LogP contribution in [-0.4, -0.2) is 71.4 Å². The van der Waals surface area contributed by atoms with Crippen LogP contribution in [0.15, 0.2) is 30.5 Å². The van der Waals surface area contributed by atoms with Gasteiger partial charge in [-0.15, -0.1) is 0 Å². The second-order valence-electron chi connectivity index (χ2n) is 10.6. The molecule has 1 aromatic heterocycles. The quantitative estimate of drug-likeness (QED) is 0.288. The minimum atomic E-state index is -0.652. The smallest absolute Gasteiger partial charge is 0.411 e. The number of hydrogen-bond donors (Lipinski definition) is 3. The summed E-state index contributed by atoms with van der Waals surface area (Å²) in [5, 5.41) is 18.3. The molecular formula is C30H39N7O4. The number of aromatic nitrogens is 2. The molecule has 11 heteroatoms. The predicted molar refractivity (Wildman–Crippen MR) is 157 cm³/mol. The fourth-order valence-corrected chi connectivity index (χ4v) is 4.07. The van der Waals surface area contributed by atoms with Gasteiger partial charge in [0, 0.05) is 38.7 Å². The van der Waals surface area contributed by atoms with E-state index in [0.717, 1.165) is 18.7 Å². The number of rotatable bonds is 10. The van der Waals surface area contributed by atoms with E-state index in [2.05, 4.69) is 50.8 Å². The van der Waals surface area contributed by atoms with E-state index in [9.17, 15) is 9.59 Å². The lowest BCUT2D eigenvalue weighted by molar-refractivity contribution is -0.125. The molecule has 1 aliphatic heterocycles. The SMILES string of the molecule is CCCNc1nc(Nc2ccc(C#N)cc2)ncc1C#CCCCNC(=O)[C@@H]1C[C@@H](OC)CN1C(=O)OC(C)(C)C. The van der Waals surface area contributed by atoms with Gasteiger partial charge in [-0.3, -0.25) is 9.69 Å². The maximum Gasteiger partial charge on any atom is 0.411 e. The van der Waals surface area contributed by atoms with Gasteiger partial charge in [-0.05, 0) is 57.9 Å². The number of benzene rings is 1. The van der Waals surface area contributed by atoms with Crippen LogP contribution in [0, 0.1) is 23.2 Å². The number of carbonyl (C=O) groups is 2. The Bertz CT molecular complexity index is 1290. The maximum absolute atomic E-state index is 12.9. The highest BCUT2D eigenvalue weighted by Crippen LogP contribution is 2.23. The molecular weight excluding hydrogens is 522 g/mol. The average Bonchev–Trinajstić information content (AvgIpc) is 3.39. The van der Waals surface area contributed by atoms with E-state index < -0.39 is 17.7 Å². The highest BCUT2D eigenvalue weighted by Gasteiger charge is 2.41. The number of nitrogens with one attached hydrogen (secondary N) is 3. The first-order valence-corrected chi connectivity index (χ1v) is 13.8. The predicted octanol–water partition coefficient (Wildman–Crippen LogP) is 4.19. The Morgan fingerprint density at radius 1 is 1.20 bits per heavy atom. The topological polar surface area (TPSA) is 141 Å². The van der Waals surface area contributed by atoms with Crippen molar-refractivity contribution in [3.05, 3.63) is 41.6 Å². The first-order chi connectivity index (χ1) is 19.6. The van der Waals surface area contributed by atoms with Crippen LogP contribution in [0.2, 0.25) is 0 Å². The minimum absolute atomic E-state index is 0.215. The van der Waals surface area contributed by atoms with Crippen LogP contribution in [-0.2, 0) is 14.3 Å². The summed E-state index contributed by atoms with van der Waals surface area (Å²) in [5.74, 6) is 7.09. The van der Waals surface area contributed by atoms with Gasteiger partial charge >= 0.3 is 6.09 Å². The zero-order chi connectivity index (χ0) is 29.8. The lowest BCUT2D eigenvalue weighted by atomic mass is 10.2. The van der Waals surface area contributed by atoms with Gasteiger partial charge in [-0.25, -0.2) is 9.78 Å². The number of hydrogen-bond acceptors (Lipinski definition) is 9. The lowest BCUT2D eigenvalue weighted by Gasteiger charge is -2.27. The summed E-state index contributed by atoms with van der Waals surface area (Å²) in [6.07, 6.45) is 3.48. The number of nitriles is 1. The third-order valence-electron chi connectivity index (χ3n) is 6.13. The summed E-state index contributed by atoms with van der Waals surface area (Å²) in [7, 11) is 1.57. The first-order valence-electron chi connectivity index (χ1n) is 13.8. The Morgan fingerprint density at radius 3 is 2.61 bits per heavy atom. The number of methoxy groups -OCH3 is 1. The van der Waals surface area contributed by atoms with Crippen molar-refractivity contribution in [2.45, 2.75) is 71.1 Å². The van der Waals surface area contributed by atoms with Gasteiger partial charge in [0.2, 0.25) is 11.9 Å². The van der Waals surface area contributed by atoms with E-state index in [1.807, 2.05) is 0 Å². The van der Waals surface area contributed by atoms with Crippen molar-refractivity contribution >= 4 is 29.5 Å². The number of carbonyl (C=O) groups excluding carboxylic acids is 2. The Labute approximate surface area is 242 Å². The number of amides is 2. The summed E-state index contributed by atoms with van der Waals surface area (Å²) >= 11 is 0. The fourth-order valence-electron chi connectivity index (χ4n) is 4.07. The Hall–Kier alpha value is -4.35. The number of unbranched alkanes of at least 4 members (excludes halogenated alkanes) is 1. The van der Waals surface area contributed by atoms with Crippen molar-refractivity contribution < 1.29 is 19.1 Å². The van der Waals surface area contributed by atoms with Crippen LogP contribution >= 0.6 is 0 Å². The third kappa shape index (κ3) is 9.66.